The molecule has 142 valence electrons. The second kappa shape index (κ2) is 7.35. The van der Waals surface area contributed by atoms with E-state index in [0.717, 1.165) is 22.1 Å². The number of amides is 2. The van der Waals surface area contributed by atoms with Gasteiger partial charge in [0.15, 0.2) is 0 Å². The average Bonchev–Trinajstić information content (AvgIpc) is 3.12. The summed E-state index contributed by atoms with van der Waals surface area (Å²) in [6.07, 6.45) is 3.85. The van der Waals surface area contributed by atoms with Gasteiger partial charge in [0.2, 0.25) is 11.8 Å². The van der Waals surface area contributed by atoms with E-state index in [1.54, 1.807) is 11.1 Å². The van der Waals surface area contributed by atoms with Crippen molar-refractivity contribution < 1.29 is 14.0 Å². The summed E-state index contributed by atoms with van der Waals surface area (Å²) in [5.74, 6) is 0.491. The van der Waals surface area contributed by atoms with E-state index in [2.05, 4.69) is 5.32 Å². The predicted octanol–water partition coefficient (Wildman–Crippen LogP) is 4.57. The Morgan fingerprint density at radius 3 is 2.68 bits per heavy atom. The number of carbonyl (C=O) groups is 2. The van der Waals surface area contributed by atoms with E-state index in [9.17, 15) is 9.59 Å². The lowest BCUT2D eigenvalue weighted by Crippen LogP contribution is -2.35. The van der Waals surface area contributed by atoms with Gasteiger partial charge in [-0.2, -0.15) is 0 Å². The van der Waals surface area contributed by atoms with Gasteiger partial charge in [-0.25, -0.2) is 0 Å². The maximum absolute atomic E-state index is 12.8. The van der Waals surface area contributed by atoms with Crippen molar-refractivity contribution >= 4 is 28.9 Å². The number of fused-ring (bicyclic) bond motifs is 2. The third kappa shape index (κ3) is 3.43. The number of hydrogen-bond acceptors (Lipinski definition) is 3. The van der Waals surface area contributed by atoms with Crippen molar-refractivity contribution in [3.8, 4) is 0 Å². The van der Waals surface area contributed by atoms with Crippen LogP contribution in [0.3, 0.4) is 0 Å². The van der Waals surface area contributed by atoms with Gasteiger partial charge in [-0.15, -0.1) is 0 Å². The monoisotopic (exact) mass is 374 g/mol. The Morgan fingerprint density at radius 1 is 1.14 bits per heavy atom. The molecule has 1 aliphatic heterocycles. The minimum Gasteiger partial charge on any atom is -0.459 e. The molecule has 1 aliphatic rings. The zero-order valence-electron chi connectivity index (χ0n) is 15.9. The largest absolute Gasteiger partial charge is 0.459 e. The molecule has 0 radical (unpaired) electrons. The summed E-state index contributed by atoms with van der Waals surface area (Å²) < 4.78 is 5.85. The number of benzene rings is 2. The number of para-hydroxylation sites is 1. The van der Waals surface area contributed by atoms with Crippen LogP contribution in [0.4, 0.5) is 0 Å². The molecule has 0 fully saturated rings. The smallest absolute Gasteiger partial charge is 0.223 e. The topological polar surface area (TPSA) is 62.6 Å². The molecule has 0 bridgehead atoms. The molecule has 2 aromatic carbocycles. The van der Waals surface area contributed by atoms with Gasteiger partial charge in [0, 0.05) is 18.5 Å². The molecule has 3 aromatic rings. The van der Waals surface area contributed by atoms with Gasteiger partial charge < -0.3 is 14.6 Å². The van der Waals surface area contributed by atoms with Gasteiger partial charge in [0.05, 0.1) is 18.5 Å². The molecular formula is C23H22N2O3. The van der Waals surface area contributed by atoms with Crippen LogP contribution in [0.2, 0.25) is 0 Å². The van der Waals surface area contributed by atoms with Crippen LogP contribution < -0.4 is 5.32 Å². The van der Waals surface area contributed by atoms with Gasteiger partial charge in [-0.1, -0.05) is 42.5 Å². The Hall–Kier alpha value is -3.34. The predicted molar refractivity (Wildman–Crippen MR) is 108 cm³/mol. The van der Waals surface area contributed by atoms with Crippen LogP contribution in [-0.2, 0) is 9.59 Å². The molecule has 2 atom stereocenters. The van der Waals surface area contributed by atoms with E-state index in [1.165, 1.54) is 6.92 Å². The lowest BCUT2D eigenvalue weighted by molar-refractivity contribution is -0.130. The highest BCUT2D eigenvalue weighted by Gasteiger charge is 2.28. The fourth-order valence-electron chi connectivity index (χ4n) is 3.68. The van der Waals surface area contributed by atoms with E-state index in [0.29, 0.717) is 5.76 Å². The van der Waals surface area contributed by atoms with E-state index in [1.807, 2.05) is 67.6 Å². The first-order valence-electron chi connectivity index (χ1n) is 9.37. The lowest BCUT2D eigenvalue weighted by atomic mass is 9.93. The Morgan fingerprint density at radius 2 is 1.89 bits per heavy atom. The number of nitrogens with zero attached hydrogens (tertiary/aromatic N) is 1. The first-order chi connectivity index (χ1) is 13.5. The molecule has 0 spiro atoms. The fourth-order valence-corrected chi connectivity index (χ4v) is 3.68. The van der Waals surface area contributed by atoms with E-state index in [4.69, 9.17) is 4.42 Å². The molecule has 2 amide bonds. The zero-order chi connectivity index (χ0) is 19.7. The lowest BCUT2D eigenvalue weighted by Gasteiger charge is -2.32. The molecule has 1 N–H and O–H groups in total. The average molecular weight is 374 g/mol. The highest BCUT2D eigenvalue weighted by atomic mass is 16.3. The Bertz CT molecular complexity index is 1030. The molecule has 0 saturated heterocycles. The summed E-state index contributed by atoms with van der Waals surface area (Å²) in [4.78, 5) is 26.5. The van der Waals surface area contributed by atoms with Gasteiger partial charge in [-0.3, -0.25) is 9.59 Å². The Kier molecular flexibility index (Phi) is 4.74. The van der Waals surface area contributed by atoms with Crippen molar-refractivity contribution in [3.63, 3.8) is 0 Å². The SMILES string of the molecule is CC(=O)N1C=Cc2ccccc2[C@H]1CC(=O)N[C@H](C)c1cc2ccccc2o1. The zero-order valence-corrected chi connectivity index (χ0v) is 15.9. The van der Waals surface area contributed by atoms with Crippen LogP contribution >= 0.6 is 0 Å². The first-order valence-corrected chi connectivity index (χ1v) is 9.37. The fraction of sp³-hybridized carbons (Fsp3) is 0.217. The molecule has 28 heavy (non-hydrogen) atoms. The number of hydrogen-bond donors (Lipinski definition) is 1. The highest BCUT2D eigenvalue weighted by molar-refractivity contribution is 5.82. The minimum atomic E-state index is -0.318. The standard InChI is InChI=1S/C23H22N2O3/c1-15(22-13-18-8-4-6-10-21(18)28-22)24-23(27)14-20-19-9-5-3-7-17(19)11-12-25(20)16(2)26/h3-13,15,20H,14H2,1-2H3,(H,24,27)/t15-,20-/m1/s1. The van der Waals surface area contributed by atoms with E-state index >= 15 is 0 Å². The molecule has 0 saturated carbocycles. The van der Waals surface area contributed by atoms with Gasteiger partial charge in [0.25, 0.3) is 0 Å². The summed E-state index contributed by atoms with van der Waals surface area (Å²) in [6, 6.07) is 17.0. The summed E-state index contributed by atoms with van der Waals surface area (Å²) >= 11 is 0. The molecule has 5 nitrogen and oxygen atoms in total. The third-order valence-corrected chi connectivity index (χ3v) is 5.10. The van der Waals surface area contributed by atoms with Crippen molar-refractivity contribution in [2.75, 3.05) is 0 Å². The van der Waals surface area contributed by atoms with Crippen molar-refractivity contribution in [2.24, 2.45) is 0 Å². The van der Waals surface area contributed by atoms with Gasteiger partial charge in [0.1, 0.15) is 11.3 Å². The summed E-state index contributed by atoms with van der Waals surface area (Å²) in [5.41, 5.74) is 2.81. The molecule has 2 heterocycles. The number of nitrogens with one attached hydrogen (secondary N) is 1. The number of carbonyl (C=O) groups excluding carboxylic acids is 2. The molecule has 1 aromatic heterocycles. The summed E-state index contributed by atoms with van der Waals surface area (Å²) in [5, 5.41) is 4.01. The quantitative estimate of drug-likeness (QED) is 0.727. The van der Waals surface area contributed by atoms with Crippen molar-refractivity contribution in [1.82, 2.24) is 10.2 Å². The molecule has 5 heteroatoms. The molecule has 0 unspecified atom stereocenters. The van der Waals surface area contributed by atoms with Crippen LogP contribution in [0, 0.1) is 0 Å². The van der Waals surface area contributed by atoms with Crippen molar-refractivity contribution in [1.29, 1.82) is 0 Å². The van der Waals surface area contributed by atoms with Gasteiger partial charge in [-0.05, 0) is 36.3 Å². The second-order valence-electron chi connectivity index (χ2n) is 7.07. The molecule has 0 aliphatic carbocycles. The maximum Gasteiger partial charge on any atom is 0.223 e. The van der Waals surface area contributed by atoms with Crippen LogP contribution in [0.25, 0.3) is 17.0 Å². The van der Waals surface area contributed by atoms with Crippen LogP contribution in [0.5, 0.6) is 0 Å². The number of rotatable bonds is 4. The van der Waals surface area contributed by atoms with Crippen LogP contribution in [0.15, 0.2) is 65.2 Å². The van der Waals surface area contributed by atoms with E-state index in [-0.39, 0.29) is 30.3 Å². The summed E-state index contributed by atoms with van der Waals surface area (Å²) in [7, 11) is 0. The minimum absolute atomic E-state index is 0.0890. The van der Waals surface area contributed by atoms with Crippen molar-refractivity contribution in [2.45, 2.75) is 32.4 Å². The third-order valence-electron chi connectivity index (χ3n) is 5.10. The second-order valence-corrected chi connectivity index (χ2v) is 7.07. The Labute approximate surface area is 163 Å². The molecular weight excluding hydrogens is 352 g/mol. The van der Waals surface area contributed by atoms with Crippen LogP contribution in [-0.4, -0.2) is 16.7 Å². The van der Waals surface area contributed by atoms with Crippen molar-refractivity contribution in [3.05, 3.63) is 77.7 Å². The normalized spacial score (nSPS) is 16.6. The van der Waals surface area contributed by atoms with Crippen LogP contribution in [0.1, 0.15) is 49.2 Å². The molecule has 4 rings (SSSR count). The summed E-state index contributed by atoms with van der Waals surface area (Å²) in [6.45, 7) is 3.41. The maximum atomic E-state index is 12.8. The highest BCUT2D eigenvalue weighted by Crippen LogP contribution is 2.33. The van der Waals surface area contributed by atoms with E-state index < -0.39 is 0 Å². The first kappa shape index (κ1) is 18.0. The Balaban J connectivity index is 1.51. The van der Waals surface area contributed by atoms with Gasteiger partial charge >= 0.3 is 0 Å². The number of furan rings is 1.